The monoisotopic (exact) mass is 673 g/mol. The standard InChI is InChI=1S/C31H34ClN4O5S3/c1-23(2)29-22-42-31(36-29)21-41-27-10-7-8-24(18-27)19-35-44(39,40)30-11-4-3-9-25(30)20-33-16-5-6-17-34-43(37,38)28-14-12-26(32)13-15-28/h3-4,7-15,18,22-23,34-35H,5-6,16-17,19,21H2,1-2H3/q+1. The van der Waals surface area contributed by atoms with Crippen LogP contribution in [0.1, 0.15) is 54.4 Å². The lowest BCUT2D eigenvalue weighted by Crippen LogP contribution is -2.24. The molecule has 1 heterocycles. The van der Waals surface area contributed by atoms with Crippen LogP contribution in [0.3, 0.4) is 0 Å². The van der Waals surface area contributed by atoms with Crippen LogP contribution in [-0.4, -0.2) is 34.9 Å². The van der Waals surface area contributed by atoms with Crippen LogP contribution in [0.15, 0.2) is 88.0 Å². The fraction of sp³-hybridized carbons (Fsp3) is 0.290. The van der Waals surface area contributed by atoms with E-state index in [4.69, 9.17) is 16.3 Å². The molecule has 0 unspecified atom stereocenters. The van der Waals surface area contributed by atoms with E-state index in [-0.39, 0.29) is 22.9 Å². The first-order valence-electron chi connectivity index (χ1n) is 14.0. The van der Waals surface area contributed by atoms with Gasteiger partial charge in [0.25, 0.3) is 6.54 Å². The number of benzene rings is 3. The van der Waals surface area contributed by atoms with Crippen LogP contribution < -0.4 is 14.2 Å². The number of aromatic nitrogens is 1. The van der Waals surface area contributed by atoms with Crippen molar-refractivity contribution in [2.75, 3.05) is 13.1 Å². The second-order valence-electron chi connectivity index (χ2n) is 10.1. The fourth-order valence-electron chi connectivity index (χ4n) is 3.96. The van der Waals surface area contributed by atoms with Crippen molar-refractivity contribution in [1.82, 2.24) is 14.4 Å². The smallest absolute Gasteiger partial charge is 0.312 e. The van der Waals surface area contributed by atoms with E-state index >= 15 is 0 Å². The van der Waals surface area contributed by atoms with E-state index < -0.39 is 20.0 Å². The molecule has 0 aliphatic heterocycles. The molecule has 0 saturated heterocycles. The molecular formula is C31H34ClN4O5S3+. The van der Waals surface area contributed by atoms with Crippen LogP contribution in [-0.2, 0) is 33.2 Å². The predicted molar refractivity (Wildman–Crippen MR) is 175 cm³/mol. The Kier molecular flexibility index (Phi) is 11.9. The lowest BCUT2D eigenvalue weighted by atomic mass is 10.2. The third kappa shape index (κ3) is 9.85. The summed E-state index contributed by atoms with van der Waals surface area (Å²) in [7, 11) is -7.48. The molecule has 0 aliphatic carbocycles. The van der Waals surface area contributed by atoms with Crippen molar-refractivity contribution in [2.24, 2.45) is 0 Å². The number of halogens is 1. The van der Waals surface area contributed by atoms with Gasteiger partial charge in [-0.25, -0.2) is 31.3 Å². The first-order valence-corrected chi connectivity index (χ1v) is 18.2. The van der Waals surface area contributed by atoms with Crippen LogP contribution in [0.2, 0.25) is 5.02 Å². The largest absolute Gasteiger partial charge is 0.486 e. The molecule has 9 nitrogen and oxygen atoms in total. The summed E-state index contributed by atoms with van der Waals surface area (Å²) in [6, 6.07) is 22.5. The lowest BCUT2D eigenvalue weighted by molar-refractivity contribution is 0.305. The van der Waals surface area contributed by atoms with E-state index in [0.717, 1.165) is 16.3 Å². The number of unbranched alkanes of at least 4 members (excludes halogenated alkanes) is 1. The summed E-state index contributed by atoms with van der Waals surface area (Å²) >= 11 is 7.38. The second kappa shape index (κ2) is 15.6. The van der Waals surface area contributed by atoms with E-state index in [0.29, 0.717) is 48.2 Å². The van der Waals surface area contributed by atoms with Crippen molar-refractivity contribution in [1.29, 1.82) is 0 Å². The van der Waals surface area contributed by atoms with Crippen molar-refractivity contribution >= 4 is 43.0 Å². The number of nitrogens with zero attached hydrogens (tertiary/aromatic N) is 2. The molecular weight excluding hydrogens is 640 g/mol. The number of hydrogen-bond donors (Lipinski definition) is 2. The van der Waals surface area contributed by atoms with Crippen LogP contribution in [0.5, 0.6) is 5.75 Å². The molecule has 4 rings (SSSR count). The summed E-state index contributed by atoms with van der Waals surface area (Å²) in [4.78, 5) is 9.04. The first kappa shape index (κ1) is 33.6. The molecule has 44 heavy (non-hydrogen) atoms. The Hall–Kier alpha value is -3.31. The topological polar surface area (TPSA) is 119 Å². The second-order valence-corrected chi connectivity index (χ2v) is 15.0. The van der Waals surface area contributed by atoms with Gasteiger partial charge in [0.2, 0.25) is 20.0 Å². The number of sulfonamides is 2. The van der Waals surface area contributed by atoms with Crippen LogP contribution in [0.25, 0.3) is 4.85 Å². The molecule has 232 valence electrons. The van der Waals surface area contributed by atoms with Gasteiger partial charge in [-0.15, -0.1) is 11.3 Å². The van der Waals surface area contributed by atoms with Gasteiger partial charge >= 0.3 is 6.07 Å². The van der Waals surface area contributed by atoms with Crippen LogP contribution >= 0.6 is 22.9 Å². The Morgan fingerprint density at radius 2 is 1.73 bits per heavy atom. The van der Waals surface area contributed by atoms with Crippen molar-refractivity contribution in [3.63, 3.8) is 0 Å². The number of nitrogens with one attached hydrogen (secondary N) is 2. The SMILES string of the molecule is CC(C)c1csc(COc2cccc(CNS(=O)(=O)c3ccccc3C#[N+]CCCCNS(=O)(=O)c3ccc(Cl)cc3)c2)n1. The zero-order valence-corrected chi connectivity index (χ0v) is 27.6. The summed E-state index contributed by atoms with van der Waals surface area (Å²) < 4.78 is 62.2. The van der Waals surface area contributed by atoms with E-state index in [2.05, 4.69) is 39.2 Å². The summed E-state index contributed by atoms with van der Waals surface area (Å²) in [6.45, 7) is 5.20. The van der Waals surface area contributed by atoms with Crippen molar-refractivity contribution < 1.29 is 21.6 Å². The molecule has 0 saturated carbocycles. The zero-order valence-electron chi connectivity index (χ0n) is 24.4. The van der Waals surface area contributed by atoms with Gasteiger partial charge in [0, 0.05) is 29.9 Å². The van der Waals surface area contributed by atoms with E-state index in [9.17, 15) is 16.8 Å². The van der Waals surface area contributed by atoms with Gasteiger partial charge in [-0.3, -0.25) is 0 Å². The molecule has 0 spiro atoms. The normalized spacial score (nSPS) is 11.7. The maximum atomic E-state index is 13.2. The molecule has 0 fully saturated rings. The molecule has 13 heteroatoms. The molecule has 3 aromatic carbocycles. The third-order valence-corrected chi connectivity index (χ3v) is 10.4. The van der Waals surface area contributed by atoms with E-state index in [1.807, 2.05) is 23.6 Å². The number of rotatable bonds is 14. The maximum Gasteiger partial charge on any atom is 0.312 e. The molecule has 2 N–H and O–H groups in total. The third-order valence-electron chi connectivity index (χ3n) is 6.38. The summed E-state index contributed by atoms with van der Waals surface area (Å²) in [6.07, 6.45) is 1.13. The quantitative estimate of drug-likeness (QED) is 0.149. The number of ether oxygens (including phenoxy) is 1. The van der Waals surface area contributed by atoms with Gasteiger partial charge in [0.05, 0.1) is 10.6 Å². The Bertz CT molecular complexity index is 1830. The summed E-state index contributed by atoms with van der Waals surface area (Å²) in [5.74, 6) is 0.981. The highest BCUT2D eigenvalue weighted by Gasteiger charge is 2.20. The minimum Gasteiger partial charge on any atom is -0.486 e. The zero-order chi connectivity index (χ0) is 31.6. The summed E-state index contributed by atoms with van der Waals surface area (Å²) in [5, 5.41) is 3.38. The van der Waals surface area contributed by atoms with Crippen LogP contribution in [0, 0.1) is 6.07 Å². The van der Waals surface area contributed by atoms with Gasteiger partial charge in [-0.05, 0) is 66.4 Å². The van der Waals surface area contributed by atoms with Gasteiger partial charge in [0.15, 0.2) is 0 Å². The molecule has 0 atom stereocenters. The predicted octanol–water partition coefficient (Wildman–Crippen LogP) is 6.42. The maximum absolute atomic E-state index is 13.2. The fourth-order valence-corrected chi connectivity index (χ4v) is 7.20. The highest BCUT2D eigenvalue weighted by molar-refractivity contribution is 7.89. The van der Waals surface area contributed by atoms with Gasteiger partial charge in [-0.1, -0.05) is 54.6 Å². The Morgan fingerprint density at radius 1 is 0.955 bits per heavy atom. The minimum absolute atomic E-state index is 0.0663. The molecule has 0 aliphatic rings. The van der Waals surface area contributed by atoms with Crippen molar-refractivity contribution in [3.8, 4) is 11.8 Å². The number of hydrogen-bond acceptors (Lipinski definition) is 7. The van der Waals surface area contributed by atoms with Crippen molar-refractivity contribution in [2.45, 2.75) is 55.5 Å². The Morgan fingerprint density at radius 3 is 2.48 bits per heavy atom. The molecule has 0 radical (unpaired) electrons. The Balaban J connectivity index is 1.27. The van der Waals surface area contributed by atoms with Crippen LogP contribution in [0.4, 0.5) is 0 Å². The first-order chi connectivity index (χ1) is 21.0. The molecule has 1 aromatic heterocycles. The molecule has 0 bridgehead atoms. The lowest BCUT2D eigenvalue weighted by Gasteiger charge is -2.09. The van der Waals surface area contributed by atoms with E-state index in [1.54, 1.807) is 35.6 Å². The average molecular weight is 674 g/mol. The Labute approximate surface area is 268 Å². The average Bonchev–Trinajstić information content (AvgIpc) is 3.49. The minimum atomic E-state index is -3.87. The highest BCUT2D eigenvalue weighted by Crippen LogP contribution is 2.21. The van der Waals surface area contributed by atoms with Gasteiger partial charge in [-0.2, -0.15) is 0 Å². The van der Waals surface area contributed by atoms with E-state index in [1.165, 1.54) is 30.3 Å². The van der Waals surface area contributed by atoms with Gasteiger partial charge < -0.3 is 4.74 Å². The molecule has 4 aromatic rings. The number of thiazole rings is 1. The van der Waals surface area contributed by atoms with Crippen molar-refractivity contribution in [3.05, 3.63) is 110 Å². The van der Waals surface area contributed by atoms with Gasteiger partial charge in [0.1, 0.15) is 27.8 Å². The summed E-state index contributed by atoms with van der Waals surface area (Å²) in [5.41, 5.74) is 2.12. The highest BCUT2D eigenvalue weighted by atomic mass is 35.5. The molecule has 0 amide bonds.